The van der Waals surface area contributed by atoms with Gasteiger partial charge in [-0.25, -0.2) is 4.98 Å². The third-order valence-corrected chi connectivity index (χ3v) is 4.35. The molecule has 0 saturated heterocycles. The molecule has 24 heavy (non-hydrogen) atoms. The summed E-state index contributed by atoms with van der Waals surface area (Å²) in [6, 6.07) is 5.85. The largest absolute Gasteiger partial charge is 0.463 e. The van der Waals surface area contributed by atoms with Crippen LogP contribution in [0, 0.1) is 6.92 Å². The maximum Gasteiger partial charge on any atom is 0.259 e. The van der Waals surface area contributed by atoms with Crippen LogP contribution in [0.1, 0.15) is 42.7 Å². The van der Waals surface area contributed by atoms with E-state index in [1.807, 2.05) is 31.7 Å². The van der Waals surface area contributed by atoms with Crippen molar-refractivity contribution in [1.29, 1.82) is 0 Å². The number of nitrogens with zero attached hydrogens (tertiary/aromatic N) is 3. The van der Waals surface area contributed by atoms with Crippen LogP contribution in [0.2, 0.25) is 0 Å². The third-order valence-electron chi connectivity index (χ3n) is 4.35. The standard InChI is InChI=1S/C18H19N3O3/c1-10(2)21(12-6-7-12)18(22)13-9-14(15-5-4-8-23-15)19-17-16(13)11(3)20-24-17/h4-5,8-10,12H,6-7H2,1-3H3. The van der Waals surface area contributed by atoms with Crippen molar-refractivity contribution in [1.82, 2.24) is 15.0 Å². The van der Waals surface area contributed by atoms with Gasteiger partial charge in [0.25, 0.3) is 11.6 Å². The fourth-order valence-corrected chi connectivity index (χ4v) is 3.13. The van der Waals surface area contributed by atoms with E-state index in [1.54, 1.807) is 18.4 Å². The topological polar surface area (TPSA) is 72.4 Å². The lowest BCUT2D eigenvalue weighted by Crippen LogP contribution is -2.38. The number of hydrogen-bond donors (Lipinski definition) is 0. The molecule has 1 aliphatic carbocycles. The molecule has 0 N–H and O–H groups in total. The molecule has 4 rings (SSSR count). The van der Waals surface area contributed by atoms with E-state index < -0.39 is 0 Å². The predicted molar refractivity (Wildman–Crippen MR) is 88.6 cm³/mol. The Kier molecular flexibility index (Phi) is 3.40. The van der Waals surface area contributed by atoms with Crippen LogP contribution in [-0.2, 0) is 0 Å². The zero-order chi connectivity index (χ0) is 16.8. The van der Waals surface area contributed by atoms with Gasteiger partial charge in [0.2, 0.25) is 0 Å². The number of rotatable bonds is 4. The van der Waals surface area contributed by atoms with Gasteiger partial charge in [0.1, 0.15) is 5.69 Å². The van der Waals surface area contributed by atoms with E-state index in [2.05, 4.69) is 10.1 Å². The van der Waals surface area contributed by atoms with Crippen LogP contribution in [0.3, 0.4) is 0 Å². The number of amides is 1. The molecule has 3 heterocycles. The van der Waals surface area contributed by atoms with E-state index in [-0.39, 0.29) is 11.9 Å². The Balaban J connectivity index is 1.89. The van der Waals surface area contributed by atoms with Crippen molar-refractivity contribution in [3.8, 4) is 11.5 Å². The fraction of sp³-hybridized carbons (Fsp3) is 0.389. The van der Waals surface area contributed by atoms with Gasteiger partial charge in [-0.1, -0.05) is 5.16 Å². The second kappa shape index (κ2) is 5.47. The van der Waals surface area contributed by atoms with Gasteiger partial charge >= 0.3 is 0 Å². The quantitative estimate of drug-likeness (QED) is 0.729. The Morgan fingerprint density at radius 3 is 2.79 bits per heavy atom. The van der Waals surface area contributed by atoms with Gasteiger partial charge in [0.05, 0.1) is 22.9 Å². The van der Waals surface area contributed by atoms with Crippen molar-refractivity contribution in [2.75, 3.05) is 0 Å². The molecule has 1 amide bonds. The minimum Gasteiger partial charge on any atom is -0.463 e. The number of pyridine rings is 1. The highest BCUT2D eigenvalue weighted by molar-refractivity contribution is 6.07. The van der Waals surface area contributed by atoms with Crippen LogP contribution < -0.4 is 0 Å². The summed E-state index contributed by atoms with van der Waals surface area (Å²) in [5, 5.41) is 4.67. The van der Waals surface area contributed by atoms with Crippen LogP contribution >= 0.6 is 0 Å². The average molecular weight is 325 g/mol. The van der Waals surface area contributed by atoms with Gasteiger partial charge in [0.15, 0.2) is 5.76 Å². The molecule has 0 spiro atoms. The zero-order valence-corrected chi connectivity index (χ0v) is 13.9. The number of aromatic nitrogens is 2. The summed E-state index contributed by atoms with van der Waals surface area (Å²) < 4.78 is 10.7. The van der Waals surface area contributed by atoms with E-state index in [4.69, 9.17) is 8.94 Å². The number of carbonyl (C=O) groups is 1. The number of aryl methyl sites for hydroxylation is 1. The van der Waals surface area contributed by atoms with E-state index in [1.165, 1.54) is 0 Å². The van der Waals surface area contributed by atoms with Crippen molar-refractivity contribution < 1.29 is 13.7 Å². The Morgan fingerprint density at radius 2 is 2.17 bits per heavy atom. The van der Waals surface area contributed by atoms with E-state index in [9.17, 15) is 4.79 Å². The Hall–Kier alpha value is -2.63. The highest BCUT2D eigenvalue weighted by Gasteiger charge is 2.36. The molecule has 0 aliphatic heterocycles. The molecular formula is C18H19N3O3. The Bertz CT molecular complexity index is 890. The molecule has 6 heteroatoms. The van der Waals surface area contributed by atoms with Crippen LogP contribution in [0.5, 0.6) is 0 Å². The highest BCUT2D eigenvalue weighted by Crippen LogP contribution is 2.33. The fourth-order valence-electron chi connectivity index (χ4n) is 3.13. The summed E-state index contributed by atoms with van der Waals surface area (Å²) in [6.45, 7) is 5.92. The lowest BCUT2D eigenvalue weighted by molar-refractivity contribution is 0.0692. The maximum absolute atomic E-state index is 13.3. The van der Waals surface area contributed by atoms with E-state index in [0.717, 1.165) is 12.8 Å². The van der Waals surface area contributed by atoms with Crippen molar-refractivity contribution >= 4 is 17.0 Å². The van der Waals surface area contributed by atoms with Gasteiger partial charge in [-0.2, -0.15) is 0 Å². The average Bonchev–Trinajstić information content (AvgIpc) is 3.09. The van der Waals surface area contributed by atoms with Crippen molar-refractivity contribution in [2.24, 2.45) is 0 Å². The number of fused-ring (bicyclic) bond motifs is 1. The highest BCUT2D eigenvalue weighted by atomic mass is 16.5. The zero-order valence-electron chi connectivity index (χ0n) is 13.9. The molecule has 1 saturated carbocycles. The molecule has 0 unspecified atom stereocenters. The third kappa shape index (κ3) is 2.38. The molecule has 1 fully saturated rings. The van der Waals surface area contributed by atoms with Gasteiger partial charge in [0, 0.05) is 12.1 Å². The molecule has 124 valence electrons. The SMILES string of the molecule is Cc1noc2nc(-c3ccco3)cc(C(=O)N(C(C)C)C3CC3)c12. The van der Waals surface area contributed by atoms with Crippen LogP contribution in [0.15, 0.2) is 33.4 Å². The Labute approximate surface area is 139 Å². The molecule has 0 atom stereocenters. The van der Waals surface area contributed by atoms with E-state index >= 15 is 0 Å². The monoisotopic (exact) mass is 325 g/mol. The lowest BCUT2D eigenvalue weighted by atomic mass is 10.1. The first-order valence-corrected chi connectivity index (χ1v) is 8.20. The molecule has 0 bridgehead atoms. The summed E-state index contributed by atoms with van der Waals surface area (Å²) in [5.74, 6) is 0.599. The van der Waals surface area contributed by atoms with Gasteiger partial charge in [-0.3, -0.25) is 4.79 Å². The minimum absolute atomic E-state index is 0.000920. The van der Waals surface area contributed by atoms with Crippen molar-refractivity contribution in [2.45, 2.75) is 45.7 Å². The summed E-state index contributed by atoms with van der Waals surface area (Å²) in [5.41, 5.74) is 2.19. The molecular weight excluding hydrogens is 306 g/mol. The molecule has 0 radical (unpaired) electrons. The molecule has 3 aromatic rings. The molecule has 3 aromatic heterocycles. The number of furan rings is 1. The lowest BCUT2D eigenvalue weighted by Gasteiger charge is -2.27. The number of carbonyl (C=O) groups excluding carboxylic acids is 1. The second-order valence-corrected chi connectivity index (χ2v) is 6.52. The molecule has 0 aromatic carbocycles. The first-order chi connectivity index (χ1) is 11.6. The van der Waals surface area contributed by atoms with Gasteiger partial charge in [-0.05, 0) is 51.8 Å². The first kappa shape index (κ1) is 14.9. The predicted octanol–water partition coefficient (Wildman–Crippen LogP) is 3.80. The summed E-state index contributed by atoms with van der Waals surface area (Å²) in [4.78, 5) is 19.7. The molecule has 6 nitrogen and oxygen atoms in total. The summed E-state index contributed by atoms with van der Waals surface area (Å²) >= 11 is 0. The van der Waals surface area contributed by atoms with Crippen molar-refractivity contribution in [3.63, 3.8) is 0 Å². The van der Waals surface area contributed by atoms with Crippen molar-refractivity contribution in [3.05, 3.63) is 35.7 Å². The first-order valence-electron chi connectivity index (χ1n) is 8.20. The summed E-state index contributed by atoms with van der Waals surface area (Å²) in [7, 11) is 0. The smallest absolute Gasteiger partial charge is 0.259 e. The van der Waals surface area contributed by atoms with Gasteiger partial charge < -0.3 is 13.8 Å². The Morgan fingerprint density at radius 1 is 1.38 bits per heavy atom. The number of hydrogen-bond acceptors (Lipinski definition) is 5. The van der Waals surface area contributed by atoms with Crippen LogP contribution in [0.25, 0.3) is 22.6 Å². The second-order valence-electron chi connectivity index (χ2n) is 6.52. The maximum atomic E-state index is 13.3. The normalized spacial score (nSPS) is 14.5. The summed E-state index contributed by atoms with van der Waals surface area (Å²) in [6.07, 6.45) is 3.70. The molecule has 1 aliphatic rings. The van der Waals surface area contributed by atoms with Crippen LogP contribution in [0.4, 0.5) is 0 Å². The minimum atomic E-state index is -0.000920. The van der Waals surface area contributed by atoms with E-state index in [0.29, 0.717) is 39.9 Å². The van der Waals surface area contributed by atoms with Crippen LogP contribution in [-0.4, -0.2) is 33.0 Å². The van der Waals surface area contributed by atoms with Gasteiger partial charge in [-0.15, -0.1) is 0 Å².